The topological polar surface area (TPSA) is 76.2 Å². The summed E-state index contributed by atoms with van der Waals surface area (Å²) < 4.78 is 36.4. The van der Waals surface area contributed by atoms with Crippen LogP contribution in [0.1, 0.15) is 18.4 Å². The summed E-state index contributed by atoms with van der Waals surface area (Å²) in [6.45, 7) is 2.68. The molecule has 0 aliphatic carbocycles. The second-order valence-corrected chi connectivity index (χ2v) is 9.93. The normalized spacial score (nSPS) is 25.5. The third-order valence-electron chi connectivity index (χ3n) is 6.16. The molecule has 2 aliphatic rings. The number of piperidine rings is 1. The maximum atomic E-state index is 12.8. The molecule has 1 aromatic carbocycles. The highest BCUT2D eigenvalue weighted by Crippen LogP contribution is 2.44. The van der Waals surface area contributed by atoms with Crippen LogP contribution in [0.3, 0.4) is 0 Å². The van der Waals surface area contributed by atoms with Crippen molar-refractivity contribution in [2.45, 2.75) is 19.3 Å². The maximum absolute atomic E-state index is 12.8. The molecule has 2 fully saturated rings. The van der Waals surface area contributed by atoms with E-state index in [0.29, 0.717) is 45.6 Å². The molecule has 156 valence electrons. The standard InChI is InChI=1S/C20H30N2O5S/c1-26-15-20-10-11-21(12-17(20)13-22(14-20)28(3,24)25)19(23)9-8-16-6-4-5-7-18(16)27-2/h4-7,17H,8-15H2,1-3H3. The average molecular weight is 411 g/mol. The van der Waals surface area contributed by atoms with Crippen LogP contribution in [0, 0.1) is 11.3 Å². The first-order chi connectivity index (χ1) is 13.3. The van der Waals surface area contributed by atoms with E-state index in [1.165, 1.54) is 6.26 Å². The minimum absolute atomic E-state index is 0.103. The highest BCUT2D eigenvalue weighted by Gasteiger charge is 2.52. The van der Waals surface area contributed by atoms with Gasteiger partial charge in [0.15, 0.2) is 0 Å². The van der Waals surface area contributed by atoms with Crippen LogP contribution < -0.4 is 4.74 Å². The lowest BCUT2D eigenvalue weighted by Gasteiger charge is -2.43. The monoisotopic (exact) mass is 410 g/mol. The zero-order chi connectivity index (χ0) is 20.4. The van der Waals surface area contributed by atoms with Crippen molar-refractivity contribution < 1.29 is 22.7 Å². The first-order valence-corrected chi connectivity index (χ1v) is 11.5. The lowest BCUT2D eigenvalue weighted by atomic mass is 9.73. The Hall–Kier alpha value is -1.64. The quantitative estimate of drug-likeness (QED) is 0.679. The van der Waals surface area contributed by atoms with Gasteiger partial charge in [-0.25, -0.2) is 12.7 Å². The molecule has 2 unspecified atom stereocenters. The minimum atomic E-state index is -3.25. The second kappa shape index (κ2) is 8.39. The van der Waals surface area contributed by atoms with Crippen molar-refractivity contribution in [3.63, 3.8) is 0 Å². The lowest BCUT2D eigenvalue weighted by Crippen LogP contribution is -2.50. The molecule has 0 saturated carbocycles. The van der Waals surface area contributed by atoms with Gasteiger partial charge in [-0.05, 0) is 30.4 Å². The molecule has 0 bridgehead atoms. The Morgan fingerprint density at radius 1 is 1.25 bits per heavy atom. The van der Waals surface area contributed by atoms with Crippen molar-refractivity contribution in [2.24, 2.45) is 11.3 Å². The fourth-order valence-electron chi connectivity index (χ4n) is 4.55. The number of carbonyl (C=O) groups excluding carboxylic acids is 1. The Labute approximate surface area is 167 Å². The molecule has 3 rings (SSSR count). The van der Waals surface area contributed by atoms with Crippen molar-refractivity contribution >= 4 is 15.9 Å². The van der Waals surface area contributed by atoms with Gasteiger partial charge in [0, 0.05) is 45.1 Å². The molecule has 8 heteroatoms. The van der Waals surface area contributed by atoms with Gasteiger partial charge >= 0.3 is 0 Å². The van der Waals surface area contributed by atoms with E-state index in [1.807, 2.05) is 29.2 Å². The van der Waals surface area contributed by atoms with E-state index >= 15 is 0 Å². The molecule has 2 atom stereocenters. The molecular formula is C20H30N2O5S. The number of likely N-dealkylation sites (tertiary alicyclic amines) is 1. The highest BCUT2D eigenvalue weighted by atomic mass is 32.2. The van der Waals surface area contributed by atoms with Crippen LogP contribution in [0.15, 0.2) is 24.3 Å². The summed E-state index contributed by atoms with van der Waals surface area (Å²) in [5, 5.41) is 0. The predicted molar refractivity (Wildman–Crippen MR) is 107 cm³/mol. The summed E-state index contributed by atoms with van der Waals surface area (Å²) in [6.07, 6.45) is 3.06. The van der Waals surface area contributed by atoms with Crippen LogP contribution in [-0.4, -0.2) is 76.8 Å². The smallest absolute Gasteiger partial charge is 0.222 e. The molecule has 2 aliphatic heterocycles. The SMILES string of the molecule is COCC12CCN(C(=O)CCc3ccccc3OC)CC1CN(S(C)(=O)=O)C2. The third-order valence-corrected chi connectivity index (χ3v) is 7.37. The summed E-state index contributed by atoms with van der Waals surface area (Å²) in [6, 6.07) is 7.74. The van der Waals surface area contributed by atoms with Crippen molar-refractivity contribution in [1.29, 1.82) is 0 Å². The molecule has 7 nitrogen and oxygen atoms in total. The summed E-state index contributed by atoms with van der Waals surface area (Å²) in [5.41, 5.74) is 0.824. The number of rotatable bonds is 7. The van der Waals surface area contributed by atoms with Crippen molar-refractivity contribution in [3.8, 4) is 5.75 Å². The Morgan fingerprint density at radius 2 is 2.00 bits per heavy atom. The number of nitrogens with zero attached hydrogens (tertiary/aromatic N) is 2. The van der Waals surface area contributed by atoms with Gasteiger partial charge < -0.3 is 14.4 Å². The van der Waals surface area contributed by atoms with Crippen LogP contribution in [-0.2, 0) is 26.0 Å². The summed E-state index contributed by atoms with van der Waals surface area (Å²) in [7, 11) is 0.0372. The molecule has 0 aromatic heterocycles. The van der Waals surface area contributed by atoms with Gasteiger partial charge in [0.2, 0.25) is 15.9 Å². The largest absolute Gasteiger partial charge is 0.496 e. The van der Waals surface area contributed by atoms with E-state index in [2.05, 4.69) is 0 Å². The molecule has 1 aromatic rings. The van der Waals surface area contributed by atoms with Gasteiger partial charge in [-0.15, -0.1) is 0 Å². The maximum Gasteiger partial charge on any atom is 0.222 e. The van der Waals surface area contributed by atoms with Crippen molar-refractivity contribution in [3.05, 3.63) is 29.8 Å². The van der Waals surface area contributed by atoms with E-state index in [1.54, 1.807) is 18.5 Å². The van der Waals surface area contributed by atoms with Crippen LogP contribution in [0.2, 0.25) is 0 Å². The van der Waals surface area contributed by atoms with E-state index in [4.69, 9.17) is 9.47 Å². The predicted octanol–water partition coefficient (Wildman–Crippen LogP) is 1.38. The Balaban J connectivity index is 1.65. The number of ether oxygens (including phenoxy) is 2. The number of para-hydroxylation sites is 1. The molecular weight excluding hydrogens is 380 g/mol. The molecule has 2 heterocycles. The lowest BCUT2D eigenvalue weighted by molar-refractivity contribution is -0.135. The minimum Gasteiger partial charge on any atom is -0.496 e. The molecule has 1 amide bonds. The number of aryl methyl sites for hydroxylation is 1. The van der Waals surface area contributed by atoms with Gasteiger partial charge in [0.05, 0.1) is 20.0 Å². The summed E-state index contributed by atoms with van der Waals surface area (Å²) in [5.74, 6) is 1.01. The number of benzene rings is 1. The van der Waals surface area contributed by atoms with E-state index in [-0.39, 0.29) is 17.2 Å². The van der Waals surface area contributed by atoms with Crippen LogP contribution in [0.4, 0.5) is 0 Å². The van der Waals surface area contributed by atoms with Crippen molar-refractivity contribution in [2.75, 3.05) is 53.3 Å². The highest BCUT2D eigenvalue weighted by molar-refractivity contribution is 7.88. The van der Waals surface area contributed by atoms with Gasteiger partial charge in [-0.2, -0.15) is 0 Å². The van der Waals surface area contributed by atoms with Gasteiger partial charge in [0.25, 0.3) is 0 Å². The van der Waals surface area contributed by atoms with Crippen molar-refractivity contribution in [1.82, 2.24) is 9.21 Å². The van der Waals surface area contributed by atoms with E-state index in [9.17, 15) is 13.2 Å². The van der Waals surface area contributed by atoms with Crippen LogP contribution in [0.25, 0.3) is 0 Å². The summed E-state index contributed by atoms with van der Waals surface area (Å²) in [4.78, 5) is 14.7. The molecule has 2 saturated heterocycles. The summed E-state index contributed by atoms with van der Waals surface area (Å²) >= 11 is 0. The first kappa shape index (κ1) is 21.1. The number of methoxy groups -OCH3 is 2. The molecule has 0 radical (unpaired) electrons. The van der Waals surface area contributed by atoms with Crippen LogP contribution in [0.5, 0.6) is 5.75 Å². The zero-order valence-electron chi connectivity index (χ0n) is 16.9. The van der Waals surface area contributed by atoms with E-state index < -0.39 is 10.0 Å². The van der Waals surface area contributed by atoms with Gasteiger partial charge in [0.1, 0.15) is 5.75 Å². The fourth-order valence-corrected chi connectivity index (χ4v) is 5.49. The third kappa shape index (κ3) is 4.34. The number of fused-ring (bicyclic) bond motifs is 1. The fraction of sp³-hybridized carbons (Fsp3) is 0.650. The van der Waals surface area contributed by atoms with Crippen LogP contribution >= 0.6 is 0 Å². The number of hydrogen-bond acceptors (Lipinski definition) is 5. The number of sulfonamides is 1. The number of amides is 1. The molecule has 0 N–H and O–H groups in total. The Bertz CT molecular complexity index is 813. The number of carbonyl (C=O) groups is 1. The van der Waals surface area contributed by atoms with Gasteiger partial charge in [-0.1, -0.05) is 18.2 Å². The Kier molecular flexibility index (Phi) is 6.31. The van der Waals surface area contributed by atoms with E-state index in [0.717, 1.165) is 17.7 Å². The second-order valence-electron chi connectivity index (χ2n) is 7.95. The first-order valence-electron chi connectivity index (χ1n) is 9.63. The zero-order valence-corrected chi connectivity index (χ0v) is 17.7. The van der Waals surface area contributed by atoms with Gasteiger partial charge in [-0.3, -0.25) is 4.79 Å². The molecule has 0 spiro atoms. The Morgan fingerprint density at radius 3 is 2.68 bits per heavy atom. The average Bonchev–Trinajstić information content (AvgIpc) is 3.05. The molecule has 28 heavy (non-hydrogen) atoms. The number of hydrogen-bond donors (Lipinski definition) is 0.